The van der Waals surface area contributed by atoms with Gasteiger partial charge in [-0.25, -0.2) is 9.37 Å². The van der Waals surface area contributed by atoms with Crippen molar-refractivity contribution in [3.63, 3.8) is 0 Å². The molecule has 1 aromatic heterocycles. The van der Waals surface area contributed by atoms with Crippen molar-refractivity contribution in [1.29, 1.82) is 0 Å². The van der Waals surface area contributed by atoms with Crippen molar-refractivity contribution in [3.05, 3.63) is 45.7 Å². The predicted octanol–water partition coefficient (Wildman–Crippen LogP) is 4.12. The first-order chi connectivity index (χ1) is 8.60. The molecular weight excluding hydrogens is 315 g/mol. The molecule has 0 N–H and O–H groups in total. The van der Waals surface area contributed by atoms with Crippen LogP contribution in [0, 0.1) is 12.7 Å². The number of alkyl halides is 1. The fourth-order valence-corrected chi connectivity index (χ4v) is 2.90. The number of hydrogen-bond acceptors (Lipinski definition) is 3. The van der Waals surface area contributed by atoms with Gasteiger partial charge in [-0.15, -0.1) is 11.3 Å². The fraction of sp³-hybridized carbons (Fsp3) is 0.308. The van der Waals surface area contributed by atoms with Crippen LogP contribution in [0.15, 0.2) is 23.6 Å². The van der Waals surface area contributed by atoms with Gasteiger partial charge < -0.3 is 4.90 Å². The Bertz CT molecular complexity index is 542. The maximum Gasteiger partial charge on any atom is 0.123 e. The number of hydrogen-bond donors (Lipinski definition) is 0. The van der Waals surface area contributed by atoms with Gasteiger partial charge in [0, 0.05) is 23.4 Å². The summed E-state index contributed by atoms with van der Waals surface area (Å²) in [5.41, 5.74) is 3.02. The fourth-order valence-electron chi connectivity index (χ4n) is 1.84. The summed E-state index contributed by atoms with van der Waals surface area (Å²) in [6, 6.07) is 4.86. The molecule has 2 nitrogen and oxygen atoms in total. The molecule has 0 saturated heterocycles. The van der Waals surface area contributed by atoms with Gasteiger partial charge >= 0.3 is 0 Å². The highest BCUT2D eigenvalue weighted by atomic mass is 79.9. The minimum absolute atomic E-state index is 0.203. The van der Waals surface area contributed by atoms with Crippen molar-refractivity contribution < 1.29 is 4.39 Å². The Kier molecular flexibility index (Phi) is 4.35. The number of thiazole rings is 1. The Morgan fingerprint density at radius 2 is 2.22 bits per heavy atom. The lowest BCUT2D eigenvalue weighted by molar-refractivity contribution is 0.626. The number of halogens is 2. The van der Waals surface area contributed by atoms with E-state index in [0.29, 0.717) is 5.33 Å². The van der Waals surface area contributed by atoms with Crippen LogP contribution in [0.4, 0.5) is 10.1 Å². The number of rotatable bonds is 4. The maximum absolute atomic E-state index is 13.2. The van der Waals surface area contributed by atoms with Crippen LogP contribution < -0.4 is 4.90 Å². The lowest BCUT2D eigenvalue weighted by Gasteiger charge is -2.21. The zero-order chi connectivity index (χ0) is 13.1. The minimum Gasteiger partial charge on any atom is -0.368 e. The van der Waals surface area contributed by atoms with Crippen LogP contribution >= 0.6 is 27.3 Å². The molecule has 1 aromatic carbocycles. The van der Waals surface area contributed by atoms with Gasteiger partial charge in [-0.1, -0.05) is 15.9 Å². The van der Waals surface area contributed by atoms with E-state index >= 15 is 0 Å². The molecule has 0 aliphatic heterocycles. The molecule has 0 atom stereocenters. The van der Waals surface area contributed by atoms with Crippen LogP contribution in [0.5, 0.6) is 0 Å². The molecule has 0 aliphatic rings. The zero-order valence-corrected chi connectivity index (χ0v) is 12.7. The van der Waals surface area contributed by atoms with Crippen LogP contribution in [0.2, 0.25) is 0 Å². The van der Waals surface area contributed by atoms with E-state index in [4.69, 9.17) is 0 Å². The smallest absolute Gasteiger partial charge is 0.123 e. The molecular formula is C13H14BrFN2S. The van der Waals surface area contributed by atoms with Gasteiger partial charge in [0.1, 0.15) is 5.82 Å². The van der Waals surface area contributed by atoms with Gasteiger partial charge in [0.25, 0.3) is 0 Å². The molecule has 2 aromatic rings. The van der Waals surface area contributed by atoms with E-state index in [1.54, 1.807) is 17.4 Å². The molecule has 0 radical (unpaired) electrons. The lowest BCUT2D eigenvalue weighted by Crippen LogP contribution is -2.18. The van der Waals surface area contributed by atoms with E-state index in [0.717, 1.165) is 28.5 Å². The molecule has 0 unspecified atom stereocenters. The first-order valence-electron chi connectivity index (χ1n) is 5.56. The molecule has 2 rings (SSSR count). The minimum atomic E-state index is -0.203. The third-order valence-corrected chi connectivity index (χ3v) is 4.09. The second-order valence-electron chi connectivity index (χ2n) is 4.12. The Labute approximate surface area is 119 Å². The van der Waals surface area contributed by atoms with E-state index in [2.05, 4.69) is 31.2 Å². The van der Waals surface area contributed by atoms with Crippen molar-refractivity contribution in [3.8, 4) is 0 Å². The number of aromatic nitrogens is 1. The third-order valence-electron chi connectivity index (χ3n) is 2.66. The molecule has 0 saturated carbocycles. The molecule has 0 fully saturated rings. The molecule has 18 heavy (non-hydrogen) atoms. The molecule has 96 valence electrons. The average molecular weight is 329 g/mol. The summed E-state index contributed by atoms with van der Waals surface area (Å²) in [4.78, 5) is 6.53. The average Bonchev–Trinajstić information content (AvgIpc) is 2.74. The number of aryl methyl sites for hydroxylation is 1. The lowest BCUT2D eigenvalue weighted by atomic mass is 10.2. The third kappa shape index (κ3) is 3.09. The second kappa shape index (κ2) is 5.80. The standard InChI is InChI=1S/C13H14BrFN2S/c1-9-16-12(8-18-9)7-17(2)13-4-3-11(15)5-10(13)6-14/h3-5,8H,6-7H2,1-2H3. The summed E-state index contributed by atoms with van der Waals surface area (Å²) in [5, 5.41) is 3.77. The molecule has 0 amide bonds. The van der Waals surface area contributed by atoms with Gasteiger partial charge in [0.15, 0.2) is 0 Å². The number of benzene rings is 1. The SMILES string of the molecule is Cc1nc(CN(C)c2ccc(F)cc2CBr)cs1. The topological polar surface area (TPSA) is 16.1 Å². The number of nitrogens with zero attached hydrogens (tertiary/aromatic N) is 2. The second-order valence-corrected chi connectivity index (χ2v) is 5.74. The summed E-state index contributed by atoms with van der Waals surface area (Å²) in [5.74, 6) is -0.203. The van der Waals surface area contributed by atoms with Crippen LogP contribution in [0.25, 0.3) is 0 Å². The predicted molar refractivity (Wildman–Crippen MR) is 78.0 cm³/mol. The summed E-state index contributed by atoms with van der Waals surface area (Å²) in [6.07, 6.45) is 0. The summed E-state index contributed by atoms with van der Waals surface area (Å²) in [7, 11) is 1.99. The molecule has 0 aliphatic carbocycles. The monoisotopic (exact) mass is 328 g/mol. The van der Waals surface area contributed by atoms with Gasteiger partial charge in [0.05, 0.1) is 17.2 Å². The van der Waals surface area contributed by atoms with Crippen LogP contribution in [-0.2, 0) is 11.9 Å². The molecule has 5 heteroatoms. The highest BCUT2D eigenvalue weighted by Gasteiger charge is 2.09. The van der Waals surface area contributed by atoms with E-state index < -0.39 is 0 Å². The Morgan fingerprint density at radius 1 is 1.44 bits per heavy atom. The Hall–Kier alpha value is -0.940. The van der Waals surface area contributed by atoms with E-state index in [1.165, 1.54) is 6.07 Å². The highest BCUT2D eigenvalue weighted by molar-refractivity contribution is 9.08. The van der Waals surface area contributed by atoms with Crippen LogP contribution in [-0.4, -0.2) is 12.0 Å². The van der Waals surface area contributed by atoms with Crippen LogP contribution in [0.3, 0.4) is 0 Å². The van der Waals surface area contributed by atoms with Crippen molar-refractivity contribution in [2.75, 3.05) is 11.9 Å². The number of anilines is 1. The quantitative estimate of drug-likeness (QED) is 0.785. The zero-order valence-electron chi connectivity index (χ0n) is 10.3. The van der Waals surface area contributed by atoms with E-state index in [1.807, 2.05) is 20.0 Å². The molecule has 0 bridgehead atoms. The largest absolute Gasteiger partial charge is 0.368 e. The molecule has 0 spiro atoms. The van der Waals surface area contributed by atoms with Crippen molar-refractivity contribution in [1.82, 2.24) is 4.98 Å². The first kappa shape index (κ1) is 13.5. The maximum atomic E-state index is 13.2. The highest BCUT2D eigenvalue weighted by Crippen LogP contribution is 2.24. The molecule has 1 heterocycles. The summed E-state index contributed by atoms with van der Waals surface area (Å²) < 4.78 is 13.2. The van der Waals surface area contributed by atoms with Gasteiger partial charge in [0.2, 0.25) is 0 Å². The van der Waals surface area contributed by atoms with E-state index in [9.17, 15) is 4.39 Å². The van der Waals surface area contributed by atoms with Crippen molar-refractivity contribution >= 4 is 33.0 Å². The Morgan fingerprint density at radius 3 is 2.83 bits per heavy atom. The first-order valence-corrected chi connectivity index (χ1v) is 7.57. The van der Waals surface area contributed by atoms with Gasteiger partial charge in [-0.3, -0.25) is 0 Å². The van der Waals surface area contributed by atoms with Gasteiger partial charge in [-0.05, 0) is 30.7 Å². The van der Waals surface area contributed by atoms with E-state index in [-0.39, 0.29) is 5.82 Å². The van der Waals surface area contributed by atoms with Crippen molar-refractivity contribution in [2.45, 2.75) is 18.8 Å². The van der Waals surface area contributed by atoms with Crippen molar-refractivity contribution in [2.24, 2.45) is 0 Å². The Balaban J connectivity index is 2.20. The van der Waals surface area contributed by atoms with Crippen LogP contribution in [0.1, 0.15) is 16.3 Å². The normalized spacial score (nSPS) is 10.7. The summed E-state index contributed by atoms with van der Waals surface area (Å²) in [6.45, 7) is 2.73. The summed E-state index contributed by atoms with van der Waals surface area (Å²) >= 11 is 5.04. The van der Waals surface area contributed by atoms with Gasteiger partial charge in [-0.2, -0.15) is 0 Å².